The summed E-state index contributed by atoms with van der Waals surface area (Å²) in [4.78, 5) is 17.2. The molecule has 1 heterocycles. The molecule has 25 heavy (non-hydrogen) atoms. The Bertz CT molecular complexity index is 853. The maximum Gasteiger partial charge on any atom is 0.234 e. The van der Waals surface area contributed by atoms with Gasteiger partial charge in [-0.2, -0.15) is 0 Å². The summed E-state index contributed by atoms with van der Waals surface area (Å²) in [5.74, 6) is 1.60. The van der Waals surface area contributed by atoms with Gasteiger partial charge in [0.25, 0.3) is 0 Å². The molecule has 126 valence electrons. The minimum atomic E-state index is -0.0814. The Balaban J connectivity index is 1.65. The van der Waals surface area contributed by atoms with E-state index in [1.165, 1.54) is 11.8 Å². The lowest BCUT2D eigenvalue weighted by Crippen LogP contribution is -2.14. The average Bonchev–Trinajstić information content (AvgIpc) is 2.63. The molecule has 5 heteroatoms. The van der Waals surface area contributed by atoms with Crippen molar-refractivity contribution in [2.45, 2.75) is 11.8 Å². The number of aryl methyl sites for hydroxylation is 1. The third kappa shape index (κ3) is 5.09. The molecule has 0 aliphatic carbocycles. The number of anilines is 1. The first kappa shape index (κ1) is 17.0. The molecule has 0 fully saturated rings. The molecular weight excluding hydrogens is 332 g/mol. The SMILES string of the molecule is Cc1cccc(Oc2ccccc2NC(=O)CSc2ccncc2)c1. The zero-order valence-electron chi connectivity index (χ0n) is 13.8. The van der Waals surface area contributed by atoms with Gasteiger partial charge in [0.05, 0.1) is 11.4 Å². The van der Waals surface area contributed by atoms with Gasteiger partial charge in [0.15, 0.2) is 5.75 Å². The first-order valence-electron chi connectivity index (χ1n) is 7.87. The highest BCUT2D eigenvalue weighted by molar-refractivity contribution is 8.00. The normalized spacial score (nSPS) is 10.3. The molecule has 1 N–H and O–H groups in total. The highest BCUT2D eigenvalue weighted by Gasteiger charge is 2.09. The Hall–Kier alpha value is -2.79. The summed E-state index contributed by atoms with van der Waals surface area (Å²) in [7, 11) is 0. The van der Waals surface area contributed by atoms with Crippen LogP contribution in [0.4, 0.5) is 5.69 Å². The Kier molecular flexibility index (Phi) is 5.69. The van der Waals surface area contributed by atoms with Crippen LogP contribution in [-0.2, 0) is 4.79 Å². The number of amides is 1. The highest BCUT2D eigenvalue weighted by atomic mass is 32.2. The largest absolute Gasteiger partial charge is 0.455 e. The Morgan fingerprint density at radius 3 is 2.68 bits per heavy atom. The van der Waals surface area contributed by atoms with Gasteiger partial charge in [-0.15, -0.1) is 11.8 Å². The van der Waals surface area contributed by atoms with E-state index in [4.69, 9.17) is 4.74 Å². The van der Waals surface area contributed by atoms with E-state index in [1.807, 2.05) is 67.6 Å². The molecule has 0 atom stereocenters. The Morgan fingerprint density at radius 2 is 1.88 bits per heavy atom. The lowest BCUT2D eigenvalue weighted by Gasteiger charge is -2.12. The number of thioether (sulfide) groups is 1. The number of nitrogens with zero attached hydrogens (tertiary/aromatic N) is 1. The topological polar surface area (TPSA) is 51.2 Å². The van der Waals surface area contributed by atoms with Crippen molar-refractivity contribution >= 4 is 23.4 Å². The molecular formula is C20H18N2O2S. The van der Waals surface area contributed by atoms with Crippen molar-refractivity contribution in [2.24, 2.45) is 0 Å². The predicted molar refractivity (Wildman–Crippen MR) is 101 cm³/mol. The molecule has 0 spiro atoms. The second-order valence-electron chi connectivity index (χ2n) is 5.43. The van der Waals surface area contributed by atoms with Crippen LogP contribution in [0, 0.1) is 6.92 Å². The zero-order valence-corrected chi connectivity index (χ0v) is 14.6. The van der Waals surface area contributed by atoms with Gasteiger partial charge in [-0.05, 0) is 48.9 Å². The molecule has 0 unspecified atom stereocenters. The highest BCUT2D eigenvalue weighted by Crippen LogP contribution is 2.30. The number of carbonyl (C=O) groups excluding carboxylic acids is 1. The van der Waals surface area contributed by atoms with Crippen LogP contribution in [0.25, 0.3) is 0 Å². The maximum absolute atomic E-state index is 12.2. The third-order valence-electron chi connectivity index (χ3n) is 3.40. The number of ether oxygens (including phenoxy) is 1. The van der Waals surface area contributed by atoms with E-state index in [9.17, 15) is 4.79 Å². The van der Waals surface area contributed by atoms with Gasteiger partial charge in [-0.1, -0.05) is 24.3 Å². The van der Waals surface area contributed by atoms with Crippen molar-refractivity contribution in [1.29, 1.82) is 0 Å². The second-order valence-corrected chi connectivity index (χ2v) is 6.48. The zero-order chi connectivity index (χ0) is 17.5. The van der Waals surface area contributed by atoms with Crippen molar-refractivity contribution in [3.8, 4) is 11.5 Å². The van der Waals surface area contributed by atoms with Crippen LogP contribution in [0.2, 0.25) is 0 Å². The van der Waals surface area contributed by atoms with Gasteiger partial charge < -0.3 is 10.1 Å². The van der Waals surface area contributed by atoms with E-state index in [-0.39, 0.29) is 5.91 Å². The first-order valence-corrected chi connectivity index (χ1v) is 8.85. The van der Waals surface area contributed by atoms with Crippen LogP contribution >= 0.6 is 11.8 Å². The van der Waals surface area contributed by atoms with Crippen molar-refractivity contribution in [1.82, 2.24) is 4.98 Å². The van der Waals surface area contributed by atoms with E-state index in [2.05, 4.69) is 10.3 Å². The predicted octanol–water partition coefficient (Wildman–Crippen LogP) is 4.91. The van der Waals surface area contributed by atoms with E-state index in [0.717, 1.165) is 16.2 Å². The molecule has 0 aliphatic rings. The number of carbonyl (C=O) groups is 1. The third-order valence-corrected chi connectivity index (χ3v) is 4.41. The molecule has 1 amide bonds. The van der Waals surface area contributed by atoms with Gasteiger partial charge in [0, 0.05) is 17.3 Å². The summed E-state index contributed by atoms with van der Waals surface area (Å²) in [6, 6.07) is 19.0. The van der Waals surface area contributed by atoms with Crippen LogP contribution in [0.5, 0.6) is 11.5 Å². The number of rotatable bonds is 6. The molecule has 4 nitrogen and oxygen atoms in total. The Morgan fingerprint density at radius 1 is 1.08 bits per heavy atom. The maximum atomic E-state index is 12.2. The fourth-order valence-corrected chi connectivity index (χ4v) is 2.92. The molecule has 0 saturated carbocycles. The number of para-hydroxylation sites is 2. The van der Waals surface area contributed by atoms with Crippen LogP contribution in [-0.4, -0.2) is 16.6 Å². The molecule has 0 saturated heterocycles. The van der Waals surface area contributed by atoms with Gasteiger partial charge in [0.1, 0.15) is 5.75 Å². The number of nitrogens with one attached hydrogen (secondary N) is 1. The molecule has 0 bridgehead atoms. The van der Waals surface area contributed by atoms with Crippen LogP contribution in [0.3, 0.4) is 0 Å². The summed E-state index contributed by atoms with van der Waals surface area (Å²) in [6.07, 6.45) is 3.43. The van der Waals surface area contributed by atoms with E-state index in [1.54, 1.807) is 12.4 Å². The van der Waals surface area contributed by atoms with Crippen molar-refractivity contribution in [3.63, 3.8) is 0 Å². The number of aromatic nitrogens is 1. The first-order chi connectivity index (χ1) is 12.2. The average molecular weight is 350 g/mol. The standard InChI is InChI=1S/C20H18N2O2S/c1-15-5-4-6-16(13-15)24-19-8-3-2-7-18(19)22-20(23)14-25-17-9-11-21-12-10-17/h2-13H,14H2,1H3,(H,22,23). The van der Waals surface area contributed by atoms with Gasteiger partial charge >= 0.3 is 0 Å². The van der Waals surface area contributed by atoms with Crippen LogP contribution in [0.1, 0.15) is 5.56 Å². The minimum absolute atomic E-state index is 0.0814. The number of pyridine rings is 1. The molecule has 0 aliphatic heterocycles. The number of hydrogen-bond acceptors (Lipinski definition) is 4. The molecule has 3 rings (SSSR count). The molecule has 3 aromatic rings. The fourth-order valence-electron chi connectivity index (χ4n) is 2.23. The second kappa shape index (κ2) is 8.35. The van der Waals surface area contributed by atoms with E-state index in [0.29, 0.717) is 17.2 Å². The molecule has 1 aromatic heterocycles. The number of benzene rings is 2. The fraction of sp³-hybridized carbons (Fsp3) is 0.100. The van der Waals surface area contributed by atoms with E-state index >= 15 is 0 Å². The van der Waals surface area contributed by atoms with Gasteiger partial charge in [-0.25, -0.2) is 0 Å². The van der Waals surface area contributed by atoms with Gasteiger partial charge in [-0.3, -0.25) is 9.78 Å². The summed E-state index contributed by atoms with van der Waals surface area (Å²) in [5, 5.41) is 2.92. The van der Waals surface area contributed by atoms with Crippen molar-refractivity contribution < 1.29 is 9.53 Å². The summed E-state index contributed by atoms with van der Waals surface area (Å²) >= 11 is 1.47. The molecule has 2 aromatic carbocycles. The lowest BCUT2D eigenvalue weighted by molar-refractivity contribution is -0.113. The van der Waals surface area contributed by atoms with Gasteiger partial charge in [0.2, 0.25) is 5.91 Å². The monoisotopic (exact) mass is 350 g/mol. The summed E-state index contributed by atoms with van der Waals surface area (Å²) in [6.45, 7) is 2.01. The Labute approximate surface area is 151 Å². The van der Waals surface area contributed by atoms with E-state index < -0.39 is 0 Å². The smallest absolute Gasteiger partial charge is 0.234 e. The van der Waals surface area contributed by atoms with Crippen LogP contribution < -0.4 is 10.1 Å². The molecule has 0 radical (unpaired) electrons. The minimum Gasteiger partial charge on any atom is -0.455 e. The van der Waals surface area contributed by atoms with Crippen molar-refractivity contribution in [3.05, 3.63) is 78.6 Å². The number of hydrogen-bond donors (Lipinski definition) is 1. The summed E-state index contributed by atoms with van der Waals surface area (Å²) < 4.78 is 5.92. The lowest BCUT2D eigenvalue weighted by atomic mass is 10.2. The van der Waals surface area contributed by atoms with Crippen molar-refractivity contribution in [2.75, 3.05) is 11.1 Å². The van der Waals surface area contributed by atoms with Crippen LogP contribution in [0.15, 0.2) is 78.0 Å². The summed E-state index contributed by atoms with van der Waals surface area (Å²) in [5.41, 5.74) is 1.78. The quantitative estimate of drug-likeness (QED) is 0.642.